The van der Waals surface area contributed by atoms with Crippen molar-refractivity contribution >= 4 is 28.5 Å². The Labute approximate surface area is 224 Å². The Balaban J connectivity index is 1.53. The number of nitrogens with zero attached hydrogens (tertiary/aromatic N) is 4. The highest BCUT2D eigenvalue weighted by molar-refractivity contribution is 5.98. The van der Waals surface area contributed by atoms with Crippen molar-refractivity contribution in [3.63, 3.8) is 0 Å². The Hall–Kier alpha value is -5.05. The van der Waals surface area contributed by atoms with E-state index in [2.05, 4.69) is 15.6 Å². The highest BCUT2D eigenvalue weighted by Gasteiger charge is 2.32. The van der Waals surface area contributed by atoms with Crippen molar-refractivity contribution in [3.8, 4) is 5.75 Å². The molecule has 0 unspecified atom stereocenters. The molecule has 196 valence electrons. The van der Waals surface area contributed by atoms with Gasteiger partial charge in [-0.2, -0.15) is 0 Å². The smallest absolute Gasteiger partial charge is 0.251 e. The van der Waals surface area contributed by atoms with Crippen molar-refractivity contribution < 1.29 is 18.7 Å². The summed E-state index contributed by atoms with van der Waals surface area (Å²) in [4.78, 5) is 29.3. The second-order valence-electron chi connectivity index (χ2n) is 8.91. The number of hydrogen-bond donors (Lipinski definition) is 1. The Kier molecular flexibility index (Phi) is 7.58. The molecule has 1 N–H and O–H groups in total. The molecule has 0 saturated carbocycles. The molecule has 0 saturated heterocycles. The zero-order valence-electron chi connectivity index (χ0n) is 21.2. The van der Waals surface area contributed by atoms with Crippen molar-refractivity contribution in [1.29, 1.82) is 0 Å². The molecule has 1 heterocycles. The molecule has 9 heteroatoms. The summed E-state index contributed by atoms with van der Waals surface area (Å²) >= 11 is 0. The number of ether oxygens (including phenoxy) is 1. The summed E-state index contributed by atoms with van der Waals surface area (Å²) in [6.07, 6.45) is 0. The number of carbonyl (C=O) groups excluding carboxylic acids is 2. The van der Waals surface area contributed by atoms with E-state index in [0.29, 0.717) is 28.0 Å². The normalized spacial score (nSPS) is 11.6. The Morgan fingerprint density at radius 3 is 2.33 bits per heavy atom. The first-order valence-corrected chi connectivity index (χ1v) is 12.3. The summed E-state index contributed by atoms with van der Waals surface area (Å²) in [7, 11) is 1.56. The van der Waals surface area contributed by atoms with E-state index in [4.69, 9.17) is 4.74 Å². The van der Waals surface area contributed by atoms with Gasteiger partial charge >= 0.3 is 0 Å². The number of benzene rings is 4. The number of rotatable bonds is 9. The van der Waals surface area contributed by atoms with E-state index >= 15 is 0 Å². The molecular weight excluding hydrogens is 497 g/mol. The lowest BCUT2D eigenvalue weighted by Crippen LogP contribution is -2.42. The second kappa shape index (κ2) is 11.6. The number of methoxy groups -OCH3 is 1. The van der Waals surface area contributed by atoms with Crippen LogP contribution in [0.15, 0.2) is 103 Å². The average molecular weight is 524 g/mol. The van der Waals surface area contributed by atoms with Crippen LogP contribution in [-0.4, -0.2) is 38.8 Å². The SMILES string of the molecule is COc1ccc(NC(=O)[C@@H](c2ccc(F)cc2)N(Cc2ccccc2)C(=O)Cn2nnc3ccccc32)cc1. The molecule has 0 aliphatic heterocycles. The highest BCUT2D eigenvalue weighted by Crippen LogP contribution is 2.27. The summed E-state index contributed by atoms with van der Waals surface area (Å²) in [5.41, 5.74) is 3.19. The molecule has 39 heavy (non-hydrogen) atoms. The number of aromatic nitrogens is 3. The van der Waals surface area contributed by atoms with Gasteiger partial charge in [0.2, 0.25) is 5.91 Å². The van der Waals surface area contributed by atoms with Crippen molar-refractivity contribution in [2.24, 2.45) is 0 Å². The number of hydrogen-bond acceptors (Lipinski definition) is 5. The number of fused-ring (bicyclic) bond motifs is 1. The van der Waals surface area contributed by atoms with Gasteiger partial charge in [0.15, 0.2) is 0 Å². The Morgan fingerprint density at radius 2 is 1.62 bits per heavy atom. The quantitative estimate of drug-likeness (QED) is 0.294. The van der Waals surface area contributed by atoms with Crippen molar-refractivity contribution in [1.82, 2.24) is 19.9 Å². The van der Waals surface area contributed by atoms with Crippen molar-refractivity contribution in [2.75, 3.05) is 12.4 Å². The van der Waals surface area contributed by atoms with Gasteiger partial charge in [0.1, 0.15) is 29.7 Å². The third-order valence-corrected chi connectivity index (χ3v) is 6.32. The minimum Gasteiger partial charge on any atom is -0.497 e. The van der Waals surface area contributed by atoms with Gasteiger partial charge in [0.05, 0.1) is 12.6 Å². The molecule has 0 bridgehead atoms. The number of anilines is 1. The first kappa shape index (κ1) is 25.6. The lowest BCUT2D eigenvalue weighted by atomic mass is 10.0. The highest BCUT2D eigenvalue weighted by atomic mass is 19.1. The lowest BCUT2D eigenvalue weighted by molar-refractivity contribution is -0.140. The van der Waals surface area contributed by atoms with Crippen LogP contribution in [0.5, 0.6) is 5.75 Å². The maximum Gasteiger partial charge on any atom is 0.251 e. The second-order valence-corrected chi connectivity index (χ2v) is 8.91. The molecule has 8 nitrogen and oxygen atoms in total. The van der Waals surface area contributed by atoms with E-state index in [-0.39, 0.29) is 19.0 Å². The Bertz CT molecular complexity index is 1570. The number of nitrogens with one attached hydrogen (secondary N) is 1. The van der Waals surface area contributed by atoms with Crippen LogP contribution in [0.1, 0.15) is 17.2 Å². The predicted molar refractivity (Wildman–Crippen MR) is 145 cm³/mol. The molecule has 0 aliphatic carbocycles. The van der Waals surface area contributed by atoms with Crippen LogP contribution in [-0.2, 0) is 22.7 Å². The molecule has 1 aromatic heterocycles. The van der Waals surface area contributed by atoms with Crippen LogP contribution in [0.2, 0.25) is 0 Å². The van der Waals surface area contributed by atoms with Crippen LogP contribution < -0.4 is 10.1 Å². The zero-order valence-corrected chi connectivity index (χ0v) is 21.2. The third kappa shape index (κ3) is 5.93. The van der Waals surface area contributed by atoms with Gasteiger partial charge in [0, 0.05) is 12.2 Å². The molecular formula is C30H26FN5O3. The number of halogens is 1. The van der Waals surface area contributed by atoms with E-state index in [0.717, 1.165) is 5.56 Å². The first-order chi connectivity index (χ1) is 19.0. The van der Waals surface area contributed by atoms with E-state index in [1.165, 1.54) is 33.8 Å². The topological polar surface area (TPSA) is 89.4 Å². The summed E-state index contributed by atoms with van der Waals surface area (Å²) in [5, 5.41) is 11.2. The fraction of sp³-hybridized carbons (Fsp3) is 0.133. The summed E-state index contributed by atoms with van der Waals surface area (Å²) in [5.74, 6) is -0.597. The summed E-state index contributed by atoms with van der Waals surface area (Å²) < 4.78 is 20.6. The fourth-order valence-electron chi connectivity index (χ4n) is 4.36. The van der Waals surface area contributed by atoms with Gasteiger partial charge < -0.3 is 15.0 Å². The van der Waals surface area contributed by atoms with Gasteiger partial charge in [0.25, 0.3) is 5.91 Å². The van der Waals surface area contributed by atoms with E-state index < -0.39 is 17.8 Å². The minimum absolute atomic E-state index is 0.138. The van der Waals surface area contributed by atoms with Gasteiger partial charge in [-0.1, -0.05) is 59.8 Å². The van der Waals surface area contributed by atoms with Crippen LogP contribution in [0.3, 0.4) is 0 Å². The predicted octanol–water partition coefficient (Wildman–Crippen LogP) is 4.99. The minimum atomic E-state index is -1.06. The third-order valence-electron chi connectivity index (χ3n) is 6.32. The molecule has 1 atom stereocenters. The van der Waals surface area contributed by atoms with Gasteiger partial charge in [-0.05, 0) is 59.7 Å². The van der Waals surface area contributed by atoms with Gasteiger partial charge in [-0.3, -0.25) is 9.59 Å². The van der Waals surface area contributed by atoms with Crippen molar-refractivity contribution in [2.45, 2.75) is 19.1 Å². The molecule has 0 aliphatic rings. The lowest BCUT2D eigenvalue weighted by Gasteiger charge is -2.31. The van der Waals surface area contributed by atoms with Crippen LogP contribution >= 0.6 is 0 Å². The van der Waals surface area contributed by atoms with E-state index in [1.54, 1.807) is 31.4 Å². The number of para-hydroxylation sites is 1. The van der Waals surface area contributed by atoms with Gasteiger partial charge in [-0.25, -0.2) is 9.07 Å². The molecule has 0 fully saturated rings. The molecule has 4 aromatic carbocycles. The molecule has 2 amide bonds. The van der Waals surface area contributed by atoms with Crippen LogP contribution in [0.4, 0.5) is 10.1 Å². The summed E-state index contributed by atoms with van der Waals surface area (Å²) in [6, 6.07) is 28.1. The van der Waals surface area contributed by atoms with Crippen LogP contribution in [0.25, 0.3) is 11.0 Å². The van der Waals surface area contributed by atoms with Crippen molar-refractivity contribution in [3.05, 3.63) is 120 Å². The fourth-order valence-corrected chi connectivity index (χ4v) is 4.36. The largest absolute Gasteiger partial charge is 0.497 e. The van der Waals surface area contributed by atoms with E-state index in [1.807, 2.05) is 54.6 Å². The molecule has 5 rings (SSSR count). The maximum atomic E-state index is 13.9. The maximum absolute atomic E-state index is 13.9. The number of carbonyl (C=O) groups is 2. The Morgan fingerprint density at radius 1 is 0.923 bits per heavy atom. The molecule has 0 spiro atoms. The summed E-state index contributed by atoms with van der Waals surface area (Å²) in [6.45, 7) is 0.00519. The molecule has 5 aromatic rings. The number of amides is 2. The first-order valence-electron chi connectivity index (χ1n) is 12.3. The van der Waals surface area contributed by atoms with Gasteiger partial charge in [-0.15, -0.1) is 5.10 Å². The van der Waals surface area contributed by atoms with Crippen LogP contribution in [0, 0.1) is 5.82 Å². The standard InChI is InChI=1S/C30H26FN5O3/c1-39-25-17-15-24(16-18-25)32-30(38)29(22-11-13-23(31)14-12-22)35(19-21-7-3-2-4-8-21)28(37)20-36-27-10-6-5-9-26(27)33-34-36/h2-18,29H,19-20H2,1H3,(H,32,38)/t29-/m1/s1. The van der Waals surface area contributed by atoms with E-state index in [9.17, 15) is 14.0 Å². The average Bonchev–Trinajstić information content (AvgIpc) is 3.37. The monoisotopic (exact) mass is 523 g/mol. The zero-order chi connectivity index (χ0) is 27.2. The molecule has 0 radical (unpaired) electrons.